The average Bonchev–Trinajstić information content (AvgIpc) is 2.57. The maximum absolute atomic E-state index is 11.8. The standard InChI is InChI=1S/C16H17NO8/c1-8(2)16(20)24-7-10-5-12(19)25-15-13(10)11(17(21)22)4-9(6-18)14(15)23-3/h4-5,8,18H,6-7H2,1-3H3. The molecule has 9 nitrogen and oxygen atoms in total. The molecule has 1 aromatic heterocycles. The predicted octanol–water partition coefficient (Wildman–Crippen LogP) is 1.90. The Balaban J connectivity index is 2.75. The minimum atomic E-state index is -0.786. The van der Waals surface area contributed by atoms with Gasteiger partial charge in [0, 0.05) is 23.3 Å². The number of fused-ring (bicyclic) bond motifs is 1. The lowest BCUT2D eigenvalue weighted by Crippen LogP contribution is -2.13. The maximum Gasteiger partial charge on any atom is 0.336 e. The molecule has 1 N–H and O–H groups in total. The van der Waals surface area contributed by atoms with Crippen LogP contribution in [0.3, 0.4) is 0 Å². The van der Waals surface area contributed by atoms with Crippen LogP contribution in [0.1, 0.15) is 25.0 Å². The molecule has 2 rings (SSSR count). The molecule has 0 saturated heterocycles. The molecule has 0 bridgehead atoms. The van der Waals surface area contributed by atoms with Gasteiger partial charge < -0.3 is 19.0 Å². The lowest BCUT2D eigenvalue weighted by Gasteiger charge is -2.13. The maximum atomic E-state index is 11.8. The van der Waals surface area contributed by atoms with Crippen LogP contribution in [0.5, 0.6) is 5.75 Å². The van der Waals surface area contributed by atoms with E-state index >= 15 is 0 Å². The number of rotatable bonds is 6. The SMILES string of the molecule is COc1c(CO)cc([N+](=O)[O-])c2c(COC(=O)C(C)C)cc(=O)oc12. The van der Waals surface area contributed by atoms with Gasteiger partial charge >= 0.3 is 11.6 Å². The fourth-order valence-corrected chi connectivity index (χ4v) is 2.35. The van der Waals surface area contributed by atoms with E-state index in [-0.39, 0.29) is 40.1 Å². The first-order valence-corrected chi connectivity index (χ1v) is 7.38. The fourth-order valence-electron chi connectivity index (χ4n) is 2.35. The monoisotopic (exact) mass is 351 g/mol. The topological polar surface area (TPSA) is 129 Å². The molecule has 2 aromatic rings. The molecule has 1 heterocycles. The summed E-state index contributed by atoms with van der Waals surface area (Å²) < 4.78 is 15.3. The lowest BCUT2D eigenvalue weighted by atomic mass is 10.0. The van der Waals surface area contributed by atoms with Crippen LogP contribution >= 0.6 is 0 Å². The van der Waals surface area contributed by atoms with E-state index in [1.807, 2.05) is 0 Å². The first-order valence-electron chi connectivity index (χ1n) is 7.38. The van der Waals surface area contributed by atoms with Gasteiger partial charge in [-0.3, -0.25) is 14.9 Å². The Bertz CT molecular complexity index is 884. The van der Waals surface area contributed by atoms with Crippen molar-refractivity contribution in [1.82, 2.24) is 0 Å². The molecule has 9 heteroatoms. The summed E-state index contributed by atoms with van der Waals surface area (Å²) >= 11 is 0. The summed E-state index contributed by atoms with van der Waals surface area (Å²) in [5, 5.41) is 20.8. The van der Waals surface area contributed by atoms with Crippen molar-refractivity contribution < 1.29 is 28.7 Å². The number of hydrogen-bond acceptors (Lipinski definition) is 8. The lowest BCUT2D eigenvalue weighted by molar-refractivity contribution is -0.383. The zero-order valence-corrected chi connectivity index (χ0v) is 13.9. The molecule has 0 unspecified atom stereocenters. The summed E-state index contributed by atoms with van der Waals surface area (Å²) in [6.07, 6.45) is 0. The van der Waals surface area contributed by atoms with Gasteiger partial charge in [-0.1, -0.05) is 13.8 Å². The van der Waals surface area contributed by atoms with Crippen molar-refractivity contribution in [3.05, 3.63) is 43.8 Å². The third-order valence-corrected chi connectivity index (χ3v) is 3.52. The molecule has 134 valence electrons. The number of aliphatic hydroxyl groups is 1. The van der Waals surface area contributed by atoms with Gasteiger partial charge in [-0.05, 0) is 0 Å². The van der Waals surface area contributed by atoms with Crippen molar-refractivity contribution in [2.75, 3.05) is 7.11 Å². The van der Waals surface area contributed by atoms with Gasteiger partial charge in [0.25, 0.3) is 5.69 Å². The molecule has 0 atom stereocenters. The Hall–Kier alpha value is -2.94. The van der Waals surface area contributed by atoms with Crippen LogP contribution in [0, 0.1) is 16.0 Å². The first kappa shape index (κ1) is 18.4. The molecule has 0 amide bonds. The summed E-state index contributed by atoms with van der Waals surface area (Å²) in [4.78, 5) is 34.3. The Kier molecular flexibility index (Phi) is 5.38. The number of non-ortho nitro benzene ring substituents is 1. The van der Waals surface area contributed by atoms with E-state index < -0.39 is 29.0 Å². The third-order valence-electron chi connectivity index (χ3n) is 3.52. The Morgan fingerprint density at radius 3 is 2.56 bits per heavy atom. The van der Waals surface area contributed by atoms with Gasteiger partial charge in [0.1, 0.15) is 12.0 Å². The molecular weight excluding hydrogens is 334 g/mol. The second kappa shape index (κ2) is 7.31. The highest BCUT2D eigenvalue weighted by atomic mass is 16.6. The van der Waals surface area contributed by atoms with E-state index in [2.05, 4.69) is 0 Å². The average molecular weight is 351 g/mol. The number of nitro groups is 1. The Morgan fingerprint density at radius 2 is 2.04 bits per heavy atom. The largest absolute Gasteiger partial charge is 0.492 e. The molecule has 0 aliphatic heterocycles. The van der Waals surface area contributed by atoms with Crippen molar-refractivity contribution in [1.29, 1.82) is 0 Å². The number of ether oxygens (including phenoxy) is 2. The number of nitrogens with zero attached hydrogens (tertiary/aromatic N) is 1. The summed E-state index contributed by atoms with van der Waals surface area (Å²) in [6.45, 7) is 2.40. The van der Waals surface area contributed by atoms with Crippen LogP contribution in [0.25, 0.3) is 11.0 Å². The second-order valence-corrected chi connectivity index (χ2v) is 5.56. The first-order chi connectivity index (χ1) is 11.8. The van der Waals surface area contributed by atoms with Gasteiger partial charge in [0.2, 0.25) is 0 Å². The minimum Gasteiger partial charge on any atom is -0.492 e. The van der Waals surface area contributed by atoms with Crippen LogP contribution in [0.4, 0.5) is 5.69 Å². The molecule has 0 saturated carbocycles. The second-order valence-electron chi connectivity index (χ2n) is 5.56. The highest BCUT2D eigenvalue weighted by Crippen LogP contribution is 2.38. The van der Waals surface area contributed by atoms with E-state index in [0.717, 1.165) is 12.1 Å². The molecule has 1 aromatic carbocycles. The molecule has 0 aliphatic rings. The molecule has 25 heavy (non-hydrogen) atoms. The Morgan fingerprint density at radius 1 is 1.36 bits per heavy atom. The third kappa shape index (κ3) is 3.61. The molecule has 0 fully saturated rings. The van der Waals surface area contributed by atoms with Crippen LogP contribution < -0.4 is 10.4 Å². The number of benzene rings is 1. The minimum absolute atomic E-state index is 0.0113. The van der Waals surface area contributed by atoms with Crippen LogP contribution in [0.15, 0.2) is 21.3 Å². The zero-order valence-electron chi connectivity index (χ0n) is 13.9. The normalized spacial score (nSPS) is 10.9. The van der Waals surface area contributed by atoms with Gasteiger partial charge in [0.15, 0.2) is 11.3 Å². The van der Waals surface area contributed by atoms with Crippen LogP contribution in [-0.2, 0) is 22.7 Å². The van der Waals surface area contributed by atoms with Gasteiger partial charge in [-0.2, -0.15) is 0 Å². The molecular formula is C16H17NO8. The molecule has 0 spiro atoms. The van der Waals surface area contributed by atoms with Gasteiger partial charge in [-0.15, -0.1) is 0 Å². The van der Waals surface area contributed by atoms with E-state index in [0.29, 0.717) is 0 Å². The highest BCUT2D eigenvalue weighted by molar-refractivity contribution is 5.94. The summed E-state index contributed by atoms with van der Waals surface area (Å²) in [5.41, 5.74) is -1.13. The molecule has 0 radical (unpaired) electrons. The summed E-state index contributed by atoms with van der Waals surface area (Å²) in [5.74, 6) is -0.892. The van der Waals surface area contributed by atoms with Crippen molar-refractivity contribution in [2.45, 2.75) is 27.1 Å². The predicted molar refractivity (Wildman–Crippen MR) is 86.2 cm³/mol. The number of esters is 1. The van der Waals surface area contributed by atoms with E-state index in [9.17, 15) is 24.8 Å². The van der Waals surface area contributed by atoms with Crippen molar-refractivity contribution in [3.63, 3.8) is 0 Å². The van der Waals surface area contributed by atoms with Crippen molar-refractivity contribution in [2.24, 2.45) is 5.92 Å². The number of aliphatic hydroxyl groups excluding tert-OH is 1. The van der Waals surface area contributed by atoms with Crippen LogP contribution in [0.2, 0.25) is 0 Å². The Labute approximate surface area is 141 Å². The number of nitro benzene ring substituents is 1. The van der Waals surface area contributed by atoms with E-state index in [1.165, 1.54) is 7.11 Å². The number of carbonyl (C=O) groups is 1. The molecule has 0 aliphatic carbocycles. The van der Waals surface area contributed by atoms with Crippen molar-refractivity contribution in [3.8, 4) is 5.75 Å². The van der Waals surface area contributed by atoms with Crippen molar-refractivity contribution >= 4 is 22.6 Å². The number of carbonyl (C=O) groups excluding carboxylic acids is 1. The number of methoxy groups -OCH3 is 1. The number of hydrogen-bond donors (Lipinski definition) is 1. The smallest absolute Gasteiger partial charge is 0.336 e. The zero-order chi connectivity index (χ0) is 18.7. The summed E-state index contributed by atoms with van der Waals surface area (Å²) in [7, 11) is 1.28. The van der Waals surface area contributed by atoms with E-state index in [1.54, 1.807) is 13.8 Å². The fraction of sp³-hybridized carbons (Fsp3) is 0.375. The summed E-state index contributed by atoms with van der Waals surface area (Å²) in [6, 6.07) is 2.16. The quantitative estimate of drug-likeness (QED) is 0.361. The van der Waals surface area contributed by atoms with Crippen LogP contribution in [-0.4, -0.2) is 23.1 Å². The highest BCUT2D eigenvalue weighted by Gasteiger charge is 2.25. The van der Waals surface area contributed by atoms with Gasteiger partial charge in [-0.25, -0.2) is 4.79 Å². The van der Waals surface area contributed by atoms with E-state index in [4.69, 9.17) is 13.9 Å². The van der Waals surface area contributed by atoms with Gasteiger partial charge in [0.05, 0.1) is 24.6 Å².